The van der Waals surface area contributed by atoms with Gasteiger partial charge in [0.25, 0.3) is 5.91 Å². The van der Waals surface area contributed by atoms with E-state index >= 15 is 0 Å². The zero-order valence-corrected chi connectivity index (χ0v) is 13.4. The van der Waals surface area contributed by atoms with Gasteiger partial charge in [0.05, 0.1) is 18.8 Å². The summed E-state index contributed by atoms with van der Waals surface area (Å²) in [6.07, 6.45) is 6.58. The number of carbonyl (C=O) groups is 1. The van der Waals surface area contributed by atoms with Gasteiger partial charge in [-0.05, 0) is 37.1 Å². The van der Waals surface area contributed by atoms with Gasteiger partial charge in [0, 0.05) is 24.8 Å². The molecule has 1 fully saturated rings. The standard InChI is InChI=1S/C17H22N4O2/c1-2-3-12-23-16-6-4-14(5-7-16)17(22)20-10-8-15(13-20)21-11-9-18-19-21/h4-7,9,11,15H,2-3,8,10,12-13H2,1H3. The van der Waals surface area contributed by atoms with Crippen LogP contribution in [0.15, 0.2) is 36.7 Å². The SMILES string of the molecule is CCCCOc1ccc(C(=O)N2CCC(n3ccnn3)C2)cc1. The summed E-state index contributed by atoms with van der Waals surface area (Å²) >= 11 is 0. The molecule has 1 saturated heterocycles. The Hall–Kier alpha value is -2.37. The van der Waals surface area contributed by atoms with E-state index < -0.39 is 0 Å². The molecule has 2 aromatic rings. The van der Waals surface area contributed by atoms with Gasteiger partial charge in [-0.15, -0.1) is 5.10 Å². The molecule has 0 N–H and O–H groups in total. The second kappa shape index (κ2) is 7.26. The molecule has 0 aliphatic carbocycles. The Morgan fingerprint density at radius 1 is 1.35 bits per heavy atom. The van der Waals surface area contributed by atoms with E-state index in [1.54, 1.807) is 6.20 Å². The molecule has 0 radical (unpaired) electrons. The number of hydrogen-bond donors (Lipinski definition) is 0. The minimum atomic E-state index is 0.0627. The zero-order valence-electron chi connectivity index (χ0n) is 13.4. The van der Waals surface area contributed by atoms with Crippen molar-refractivity contribution in [2.45, 2.75) is 32.2 Å². The molecule has 0 spiro atoms. The first kappa shape index (κ1) is 15.5. The third-order valence-corrected chi connectivity index (χ3v) is 4.13. The summed E-state index contributed by atoms with van der Waals surface area (Å²) in [6, 6.07) is 7.64. The molecule has 3 rings (SSSR count). The average Bonchev–Trinajstić information content (AvgIpc) is 3.26. The molecule has 2 heterocycles. The van der Waals surface area contributed by atoms with E-state index in [9.17, 15) is 4.79 Å². The van der Waals surface area contributed by atoms with Crippen molar-refractivity contribution in [3.05, 3.63) is 42.2 Å². The molecule has 0 saturated carbocycles. The minimum Gasteiger partial charge on any atom is -0.494 e. The summed E-state index contributed by atoms with van der Waals surface area (Å²) in [5.74, 6) is 0.879. The predicted molar refractivity (Wildman–Crippen MR) is 86.4 cm³/mol. The molecule has 6 heteroatoms. The third-order valence-electron chi connectivity index (χ3n) is 4.13. The Labute approximate surface area is 136 Å². The van der Waals surface area contributed by atoms with Crippen LogP contribution in [0.25, 0.3) is 0 Å². The molecule has 1 amide bonds. The molecular weight excluding hydrogens is 292 g/mol. The van der Waals surface area contributed by atoms with Crippen LogP contribution in [0.5, 0.6) is 5.75 Å². The maximum atomic E-state index is 12.6. The number of carbonyl (C=O) groups excluding carboxylic acids is 1. The normalized spacial score (nSPS) is 17.4. The fourth-order valence-electron chi connectivity index (χ4n) is 2.77. The van der Waals surface area contributed by atoms with Gasteiger partial charge in [-0.1, -0.05) is 18.6 Å². The van der Waals surface area contributed by atoms with E-state index in [0.29, 0.717) is 12.1 Å². The zero-order chi connectivity index (χ0) is 16.1. The van der Waals surface area contributed by atoms with E-state index in [-0.39, 0.29) is 11.9 Å². The predicted octanol–water partition coefficient (Wildman–Crippen LogP) is 2.54. The Bertz CT molecular complexity index is 625. The van der Waals surface area contributed by atoms with Crippen molar-refractivity contribution in [3.63, 3.8) is 0 Å². The number of nitrogens with zero attached hydrogens (tertiary/aromatic N) is 4. The van der Waals surface area contributed by atoms with Crippen molar-refractivity contribution in [2.75, 3.05) is 19.7 Å². The second-order valence-corrected chi connectivity index (χ2v) is 5.80. The fraction of sp³-hybridized carbons (Fsp3) is 0.471. The van der Waals surface area contributed by atoms with Crippen LogP contribution in [0.1, 0.15) is 42.6 Å². The van der Waals surface area contributed by atoms with Gasteiger partial charge in [-0.3, -0.25) is 4.79 Å². The summed E-state index contributed by atoms with van der Waals surface area (Å²) in [6.45, 7) is 4.28. The molecule has 122 valence electrons. The highest BCUT2D eigenvalue weighted by Gasteiger charge is 2.28. The number of amides is 1. The highest BCUT2D eigenvalue weighted by atomic mass is 16.5. The summed E-state index contributed by atoms with van der Waals surface area (Å²) in [4.78, 5) is 14.4. The average molecular weight is 314 g/mol. The lowest BCUT2D eigenvalue weighted by Crippen LogP contribution is -2.29. The topological polar surface area (TPSA) is 60.2 Å². The van der Waals surface area contributed by atoms with Crippen LogP contribution in [0.2, 0.25) is 0 Å². The number of unbranched alkanes of at least 4 members (excludes halogenated alkanes) is 1. The van der Waals surface area contributed by atoms with Gasteiger partial charge in [0.1, 0.15) is 5.75 Å². The highest BCUT2D eigenvalue weighted by Crippen LogP contribution is 2.23. The monoisotopic (exact) mass is 314 g/mol. The second-order valence-electron chi connectivity index (χ2n) is 5.80. The van der Waals surface area contributed by atoms with Crippen molar-refractivity contribution in [1.29, 1.82) is 0 Å². The van der Waals surface area contributed by atoms with Crippen LogP contribution in [0.3, 0.4) is 0 Å². The first-order valence-corrected chi connectivity index (χ1v) is 8.16. The van der Waals surface area contributed by atoms with E-state index in [4.69, 9.17) is 4.74 Å². The quantitative estimate of drug-likeness (QED) is 0.769. The largest absolute Gasteiger partial charge is 0.494 e. The molecule has 1 aliphatic heterocycles. The van der Waals surface area contributed by atoms with Crippen LogP contribution < -0.4 is 4.74 Å². The smallest absolute Gasteiger partial charge is 0.253 e. The lowest BCUT2D eigenvalue weighted by molar-refractivity contribution is 0.0787. The van der Waals surface area contributed by atoms with Crippen LogP contribution in [-0.4, -0.2) is 45.5 Å². The Morgan fingerprint density at radius 2 is 2.17 bits per heavy atom. The summed E-state index contributed by atoms with van der Waals surface area (Å²) in [5.41, 5.74) is 0.701. The van der Waals surface area contributed by atoms with Crippen LogP contribution >= 0.6 is 0 Å². The highest BCUT2D eigenvalue weighted by molar-refractivity contribution is 5.94. The number of ether oxygens (including phenoxy) is 1. The third kappa shape index (κ3) is 3.70. The number of likely N-dealkylation sites (tertiary alicyclic amines) is 1. The van der Waals surface area contributed by atoms with Gasteiger partial charge in [-0.25, -0.2) is 4.68 Å². The summed E-state index contributed by atoms with van der Waals surface area (Å²) in [7, 11) is 0. The lowest BCUT2D eigenvalue weighted by atomic mass is 10.2. The molecule has 1 unspecified atom stereocenters. The number of hydrogen-bond acceptors (Lipinski definition) is 4. The van der Waals surface area contributed by atoms with Gasteiger partial charge in [-0.2, -0.15) is 0 Å². The summed E-state index contributed by atoms with van der Waals surface area (Å²) < 4.78 is 7.46. The van der Waals surface area contributed by atoms with Crippen LogP contribution in [-0.2, 0) is 0 Å². The minimum absolute atomic E-state index is 0.0627. The molecule has 1 aromatic heterocycles. The van der Waals surface area contributed by atoms with E-state index in [0.717, 1.165) is 38.2 Å². The maximum absolute atomic E-state index is 12.6. The number of aromatic nitrogens is 3. The van der Waals surface area contributed by atoms with Crippen LogP contribution in [0.4, 0.5) is 0 Å². The van der Waals surface area contributed by atoms with Gasteiger partial charge >= 0.3 is 0 Å². The fourth-order valence-corrected chi connectivity index (χ4v) is 2.77. The molecule has 23 heavy (non-hydrogen) atoms. The summed E-state index contributed by atoms with van der Waals surface area (Å²) in [5, 5.41) is 7.85. The van der Waals surface area contributed by atoms with Gasteiger partial charge in [0.2, 0.25) is 0 Å². The first-order valence-electron chi connectivity index (χ1n) is 8.16. The van der Waals surface area contributed by atoms with Crippen molar-refractivity contribution in [3.8, 4) is 5.75 Å². The Morgan fingerprint density at radius 3 is 2.87 bits per heavy atom. The molecule has 0 bridgehead atoms. The Balaban J connectivity index is 1.58. The van der Waals surface area contributed by atoms with Crippen molar-refractivity contribution < 1.29 is 9.53 Å². The first-order chi connectivity index (χ1) is 11.3. The molecule has 1 aliphatic rings. The number of benzene rings is 1. The van der Waals surface area contributed by atoms with E-state index in [1.165, 1.54) is 0 Å². The van der Waals surface area contributed by atoms with Gasteiger partial charge < -0.3 is 9.64 Å². The maximum Gasteiger partial charge on any atom is 0.253 e. The van der Waals surface area contributed by atoms with Gasteiger partial charge in [0.15, 0.2) is 0 Å². The van der Waals surface area contributed by atoms with Crippen molar-refractivity contribution in [1.82, 2.24) is 19.9 Å². The Kier molecular flexibility index (Phi) is 4.90. The van der Waals surface area contributed by atoms with Crippen LogP contribution in [0, 0.1) is 0 Å². The van der Waals surface area contributed by atoms with E-state index in [2.05, 4.69) is 17.2 Å². The molecular formula is C17H22N4O2. The number of rotatable bonds is 6. The molecule has 1 aromatic carbocycles. The van der Waals surface area contributed by atoms with E-state index in [1.807, 2.05) is 40.0 Å². The molecule has 1 atom stereocenters. The molecule has 6 nitrogen and oxygen atoms in total. The lowest BCUT2D eigenvalue weighted by Gasteiger charge is -2.17. The van der Waals surface area contributed by atoms with Crippen molar-refractivity contribution >= 4 is 5.91 Å². The van der Waals surface area contributed by atoms with Crippen molar-refractivity contribution in [2.24, 2.45) is 0 Å².